The van der Waals surface area contributed by atoms with Crippen molar-refractivity contribution in [1.29, 1.82) is 0 Å². The predicted molar refractivity (Wildman–Crippen MR) is 58.9 cm³/mol. The maximum atomic E-state index is 12.8. The maximum absolute atomic E-state index is 12.8. The van der Waals surface area contributed by atoms with Crippen LogP contribution >= 0.6 is 0 Å². The Hall–Kier alpha value is -1.38. The number of Topliss-reactive ketones (excluding diaryl/α,β-unsaturated/α-hetero) is 1. The summed E-state index contributed by atoms with van der Waals surface area (Å²) < 4.78 is 18.3. The van der Waals surface area contributed by atoms with Crippen molar-refractivity contribution in [3.8, 4) is 5.75 Å². The van der Waals surface area contributed by atoms with Crippen LogP contribution in [0.2, 0.25) is 0 Å². The summed E-state index contributed by atoms with van der Waals surface area (Å²) >= 11 is 0. The molecule has 0 unspecified atom stereocenters. The van der Waals surface area contributed by atoms with E-state index in [4.69, 9.17) is 4.74 Å². The summed E-state index contributed by atoms with van der Waals surface area (Å²) in [5.74, 6) is 0.472. The van der Waals surface area contributed by atoms with Gasteiger partial charge in [0.15, 0.2) is 0 Å². The van der Waals surface area contributed by atoms with Gasteiger partial charge in [-0.1, -0.05) is 6.07 Å². The topological polar surface area (TPSA) is 26.3 Å². The zero-order valence-corrected chi connectivity index (χ0v) is 9.33. The van der Waals surface area contributed by atoms with Crippen LogP contribution < -0.4 is 4.74 Å². The molecular formula is C13H15FO2. The van der Waals surface area contributed by atoms with Gasteiger partial charge in [-0.3, -0.25) is 4.79 Å². The number of hydrogen-bond donors (Lipinski definition) is 0. The largest absolute Gasteiger partial charge is 0.493 e. The molecule has 0 amide bonds. The molecule has 0 spiro atoms. The highest BCUT2D eigenvalue weighted by Gasteiger charge is 2.46. The van der Waals surface area contributed by atoms with Crippen molar-refractivity contribution in [2.45, 2.75) is 26.2 Å². The fourth-order valence-electron chi connectivity index (χ4n) is 1.85. The highest BCUT2D eigenvalue weighted by molar-refractivity contribution is 5.84. The average molecular weight is 222 g/mol. The minimum atomic E-state index is -0.301. The van der Waals surface area contributed by atoms with Crippen LogP contribution in [0.5, 0.6) is 5.75 Å². The van der Waals surface area contributed by atoms with Gasteiger partial charge >= 0.3 is 0 Å². The van der Waals surface area contributed by atoms with Crippen LogP contribution in [0.15, 0.2) is 24.3 Å². The fraction of sp³-hybridized carbons (Fsp3) is 0.462. The lowest BCUT2D eigenvalue weighted by Crippen LogP contribution is -2.15. The van der Waals surface area contributed by atoms with Crippen LogP contribution in [0, 0.1) is 11.2 Å². The second-order valence-corrected chi connectivity index (χ2v) is 4.39. The Morgan fingerprint density at radius 1 is 1.50 bits per heavy atom. The second kappa shape index (κ2) is 4.24. The molecule has 0 aliphatic heterocycles. The Labute approximate surface area is 94.4 Å². The molecule has 0 heterocycles. The van der Waals surface area contributed by atoms with E-state index in [1.165, 1.54) is 12.1 Å². The SMILES string of the molecule is CC(=O)C1(CCOc2cccc(F)c2)CC1. The molecule has 1 aromatic rings. The molecule has 0 aromatic heterocycles. The van der Waals surface area contributed by atoms with Crippen molar-refractivity contribution >= 4 is 5.78 Å². The zero-order valence-electron chi connectivity index (χ0n) is 9.33. The van der Waals surface area contributed by atoms with Gasteiger partial charge in [0.1, 0.15) is 17.3 Å². The Balaban J connectivity index is 1.83. The van der Waals surface area contributed by atoms with E-state index < -0.39 is 0 Å². The summed E-state index contributed by atoms with van der Waals surface area (Å²) in [4.78, 5) is 11.3. The Morgan fingerprint density at radius 3 is 2.81 bits per heavy atom. The maximum Gasteiger partial charge on any atom is 0.136 e. The zero-order chi connectivity index (χ0) is 11.6. The van der Waals surface area contributed by atoms with Crippen molar-refractivity contribution in [2.24, 2.45) is 5.41 Å². The molecule has 0 radical (unpaired) electrons. The molecule has 2 rings (SSSR count). The van der Waals surface area contributed by atoms with Crippen LogP contribution in [0.1, 0.15) is 26.2 Å². The van der Waals surface area contributed by atoms with Crippen molar-refractivity contribution in [3.63, 3.8) is 0 Å². The first-order valence-electron chi connectivity index (χ1n) is 5.52. The smallest absolute Gasteiger partial charge is 0.136 e. The highest BCUT2D eigenvalue weighted by atomic mass is 19.1. The molecule has 1 aromatic carbocycles. The van der Waals surface area contributed by atoms with Crippen LogP contribution in [0.3, 0.4) is 0 Å². The van der Waals surface area contributed by atoms with Gasteiger partial charge in [-0.25, -0.2) is 4.39 Å². The predicted octanol–water partition coefficient (Wildman–Crippen LogP) is 2.96. The molecule has 0 atom stereocenters. The van der Waals surface area contributed by atoms with E-state index in [0.717, 1.165) is 19.3 Å². The summed E-state index contributed by atoms with van der Waals surface area (Å²) in [7, 11) is 0. The van der Waals surface area contributed by atoms with Gasteiger partial charge in [0.2, 0.25) is 0 Å². The minimum absolute atomic E-state index is 0.132. The second-order valence-electron chi connectivity index (χ2n) is 4.39. The third-order valence-electron chi connectivity index (χ3n) is 3.25. The highest BCUT2D eigenvalue weighted by Crippen LogP contribution is 2.49. The van der Waals surface area contributed by atoms with Crippen LogP contribution in [-0.2, 0) is 4.79 Å². The fourth-order valence-corrected chi connectivity index (χ4v) is 1.85. The number of halogens is 1. The monoisotopic (exact) mass is 222 g/mol. The summed E-state index contributed by atoms with van der Waals surface area (Å²) in [6.45, 7) is 2.11. The van der Waals surface area contributed by atoms with Crippen molar-refractivity contribution in [1.82, 2.24) is 0 Å². The van der Waals surface area contributed by atoms with E-state index in [-0.39, 0.29) is 17.0 Å². The van der Waals surface area contributed by atoms with E-state index in [9.17, 15) is 9.18 Å². The molecule has 2 nitrogen and oxygen atoms in total. The normalized spacial score (nSPS) is 16.9. The van der Waals surface area contributed by atoms with Crippen molar-refractivity contribution < 1.29 is 13.9 Å². The van der Waals surface area contributed by atoms with Crippen molar-refractivity contribution in [3.05, 3.63) is 30.1 Å². The van der Waals surface area contributed by atoms with Crippen LogP contribution in [-0.4, -0.2) is 12.4 Å². The lowest BCUT2D eigenvalue weighted by Gasteiger charge is -2.12. The van der Waals surface area contributed by atoms with Gasteiger partial charge in [0.25, 0.3) is 0 Å². The van der Waals surface area contributed by atoms with Gasteiger partial charge < -0.3 is 4.74 Å². The third kappa shape index (κ3) is 2.40. The standard InChI is InChI=1S/C13H15FO2/c1-10(15)13(5-6-13)7-8-16-12-4-2-3-11(14)9-12/h2-4,9H,5-8H2,1H3. The van der Waals surface area contributed by atoms with Gasteiger partial charge in [0, 0.05) is 11.5 Å². The number of hydrogen-bond acceptors (Lipinski definition) is 2. The van der Waals surface area contributed by atoms with E-state index in [0.29, 0.717) is 12.4 Å². The van der Waals surface area contributed by atoms with E-state index in [1.54, 1.807) is 19.1 Å². The molecule has 16 heavy (non-hydrogen) atoms. The molecule has 0 N–H and O–H groups in total. The van der Waals surface area contributed by atoms with Crippen molar-refractivity contribution in [2.75, 3.05) is 6.61 Å². The molecule has 0 saturated heterocycles. The van der Waals surface area contributed by atoms with E-state index in [2.05, 4.69) is 0 Å². The van der Waals surface area contributed by atoms with Gasteiger partial charge in [-0.15, -0.1) is 0 Å². The first-order valence-corrected chi connectivity index (χ1v) is 5.52. The van der Waals surface area contributed by atoms with Crippen LogP contribution in [0.4, 0.5) is 4.39 Å². The average Bonchev–Trinajstić information content (AvgIpc) is 2.99. The van der Waals surface area contributed by atoms with Gasteiger partial charge in [0.05, 0.1) is 6.61 Å². The summed E-state index contributed by atoms with van der Waals surface area (Å²) in [6, 6.07) is 6.07. The lowest BCUT2D eigenvalue weighted by molar-refractivity contribution is -0.122. The summed E-state index contributed by atoms with van der Waals surface area (Å²) in [6.07, 6.45) is 2.67. The Kier molecular flexibility index (Phi) is 2.95. The van der Waals surface area contributed by atoms with Gasteiger partial charge in [-0.05, 0) is 38.3 Å². The molecule has 86 valence electrons. The van der Waals surface area contributed by atoms with E-state index in [1.807, 2.05) is 0 Å². The van der Waals surface area contributed by atoms with Gasteiger partial charge in [-0.2, -0.15) is 0 Å². The number of ketones is 1. The Bertz CT molecular complexity index is 397. The van der Waals surface area contributed by atoms with E-state index >= 15 is 0 Å². The Morgan fingerprint density at radius 2 is 2.25 bits per heavy atom. The summed E-state index contributed by atoms with van der Waals surface area (Å²) in [5.41, 5.74) is -0.132. The molecule has 1 aliphatic carbocycles. The molecule has 3 heteroatoms. The number of benzene rings is 1. The first kappa shape index (κ1) is 11.1. The molecule has 1 saturated carbocycles. The summed E-state index contributed by atoms with van der Waals surface area (Å²) in [5, 5.41) is 0. The molecule has 0 bridgehead atoms. The molecular weight excluding hydrogens is 207 g/mol. The first-order chi connectivity index (χ1) is 7.62. The quantitative estimate of drug-likeness (QED) is 0.765. The number of carbonyl (C=O) groups excluding carboxylic acids is 1. The lowest BCUT2D eigenvalue weighted by atomic mass is 9.99. The number of carbonyl (C=O) groups is 1. The molecule has 1 aliphatic rings. The molecule has 1 fully saturated rings. The number of rotatable bonds is 5. The third-order valence-corrected chi connectivity index (χ3v) is 3.25. The minimum Gasteiger partial charge on any atom is -0.493 e. The number of ether oxygens (including phenoxy) is 1. The van der Waals surface area contributed by atoms with Crippen LogP contribution in [0.25, 0.3) is 0 Å².